The van der Waals surface area contributed by atoms with Crippen molar-refractivity contribution < 1.29 is 14.3 Å². The number of carbonyl (C=O) groups is 2. The van der Waals surface area contributed by atoms with E-state index in [1.165, 1.54) is 5.56 Å². The molecular weight excluding hydrogens is 422 g/mol. The number of hydrogen-bond donors (Lipinski definition) is 0. The van der Waals surface area contributed by atoms with E-state index in [1.807, 2.05) is 29.2 Å². The predicted octanol–water partition coefficient (Wildman–Crippen LogP) is 3.07. The van der Waals surface area contributed by atoms with Crippen LogP contribution in [-0.4, -0.2) is 84.0 Å². The van der Waals surface area contributed by atoms with Gasteiger partial charge in [0.2, 0.25) is 5.91 Å². The highest BCUT2D eigenvalue weighted by atomic mass is 32.2. The second-order valence-corrected chi connectivity index (χ2v) is 8.96. The zero-order chi connectivity index (χ0) is 22.3. The average Bonchev–Trinajstić information content (AvgIpc) is 3.34. The first-order valence-corrected chi connectivity index (χ1v) is 12.1. The highest BCUT2D eigenvalue weighted by Crippen LogP contribution is 2.26. The minimum Gasteiger partial charge on any atom is -0.497 e. The van der Waals surface area contributed by atoms with E-state index >= 15 is 0 Å². The van der Waals surface area contributed by atoms with Gasteiger partial charge in [0.15, 0.2) is 0 Å². The van der Waals surface area contributed by atoms with Crippen molar-refractivity contribution in [3.05, 3.63) is 71.8 Å². The molecule has 2 aromatic rings. The van der Waals surface area contributed by atoms with Crippen molar-refractivity contribution in [2.75, 3.05) is 51.5 Å². The molecule has 0 bridgehead atoms. The maximum atomic E-state index is 13.2. The lowest BCUT2D eigenvalue weighted by Crippen LogP contribution is -2.55. The maximum absolute atomic E-state index is 13.2. The molecule has 0 spiro atoms. The normalized spacial score (nSPS) is 19.5. The van der Waals surface area contributed by atoms with Gasteiger partial charge in [0.05, 0.1) is 13.0 Å². The minimum absolute atomic E-state index is 0.0609. The number of amides is 2. The number of carbonyl (C=O) groups excluding carboxylic acids is 2. The molecule has 7 heteroatoms. The lowest BCUT2D eigenvalue weighted by Gasteiger charge is -2.36. The number of methoxy groups -OCH3 is 1. The number of piperazine rings is 1. The zero-order valence-corrected chi connectivity index (χ0v) is 19.2. The summed E-state index contributed by atoms with van der Waals surface area (Å²) in [6.07, 6.45) is 4.31. The third kappa shape index (κ3) is 5.34. The van der Waals surface area contributed by atoms with Gasteiger partial charge in [-0.15, -0.1) is 11.8 Å². The third-order valence-electron chi connectivity index (χ3n) is 5.90. The number of rotatable bonds is 6. The number of thioether (sulfide) groups is 1. The number of nitrogens with zero attached hydrogens (tertiary/aromatic N) is 3. The van der Waals surface area contributed by atoms with Crippen molar-refractivity contribution in [3.8, 4) is 5.75 Å². The third-order valence-corrected chi connectivity index (χ3v) is 6.91. The number of hydrogen-bond acceptors (Lipinski definition) is 5. The molecule has 2 aromatic carbocycles. The predicted molar refractivity (Wildman–Crippen MR) is 129 cm³/mol. The van der Waals surface area contributed by atoms with E-state index in [2.05, 4.69) is 29.2 Å². The molecule has 6 nitrogen and oxygen atoms in total. The van der Waals surface area contributed by atoms with E-state index < -0.39 is 6.04 Å². The van der Waals surface area contributed by atoms with Crippen LogP contribution in [0.5, 0.6) is 5.75 Å². The summed E-state index contributed by atoms with van der Waals surface area (Å²) in [5.74, 6) is 1.77. The van der Waals surface area contributed by atoms with E-state index in [1.54, 1.807) is 42.0 Å². The molecule has 2 aliphatic rings. The Hall–Kier alpha value is -2.77. The Morgan fingerprint density at radius 3 is 2.59 bits per heavy atom. The molecule has 0 aromatic heterocycles. The summed E-state index contributed by atoms with van der Waals surface area (Å²) in [4.78, 5) is 32.3. The molecule has 4 rings (SSSR count). The first-order valence-electron chi connectivity index (χ1n) is 10.9. The van der Waals surface area contributed by atoms with Crippen LogP contribution in [0.15, 0.2) is 60.7 Å². The van der Waals surface area contributed by atoms with Crippen LogP contribution in [0.4, 0.5) is 0 Å². The topological polar surface area (TPSA) is 53.1 Å². The van der Waals surface area contributed by atoms with Crippen LogP contribution >= 0.6 is 11.8 Å². The summed E-state index contributed by atoms with van der Waals surface area (Å²) >= 11 is 1.63. The molecule has 1 unspecified atom stereocenters. The minimum atomic E-state index is -0.400. The van der Waals surface area contributed by atoms with Crippen LogP contribution in [0.3, 0.4) is 0 Å². The summed E-state index contributed by atoms with van der Waals surface area (Å²) in [7, 11) is 1.58. The molecule has 168 valence electrons. The summed E-state index contributed by atoms with van der Waals surface area (Å²) in [6, 6.07) is 17.0. The smallest absolute Gasteiger partial charge is 0.255 e. The summed E-state index contributed by atoms with van der Waals surface area (Å²) in [6.45, 7) is 3.94. The molecule has 1 atom stereocenters. The molecule has 2 amide bonds. The Morgan fingerprint density at radius 1 is 1.06 bits per heavy atom. The van der Waals surface area contributed by atoms with Gasteiger partial charge >= 0.3 is 0 Å². The van der Waals surface area contributed by atoms with E-state index in [0.717, 1.165) is 19.6 Å². The Labute approximate surface area is 193 Å². The summed E-state index contributed by atoms with van der Waals surface area (Å²) in [5, 5.41) is 0. The monoisotopic (exact) mass is 451 g/mol. The van der Waals surface area contributed by atoms with Crippen molar-refractivity contribution in [1.82, 2.24) is 14.7 Å². The largest absolute Gasteiger partial charge is 0.497 e. The van der Waals surface area contributed by atoms with Crippen LogP contribution in [0.25, 0.3) is 6.08 Å². The standard InChI is InChI=1S/C25H29N3O3S/c1-31-22-11-5-10-21(17-22)24(29)28-19-32-18-23(28)25(30)27-15-13-26(14-16-27)12-6-9-20-7-3-2-4-8-20/h2-11,17,23H,12-16,18-19H2,1H3/b9-6+. The molecule has 0 radical (unpaired) electrons. The fraction of sp³-hybridized carbons (Fsp3) is 0.360. The lowest BCUT2D eigenvalue weighted by atomic mass is 10.1. The average molecular weight is 452 g/mol. The van der Waals surface area contributed by atoms with Gasteiger partial charge in [0.25, 0.3) is 5.91 Å². The highest BCUT2D eigenvalue weighted by molar-refractivity contribution is 7.99. The highest BCUT2D eigenvalue weighted by Gasteiger charge is 2.38. The molecule has 2 aliphatic heterocycles. The van der Waals surface area contributed by atoms with Crippen LogP contribution in [0.1, 0.15) is 15.9 Å². The summed E-state index contributed by atoms with van der Waals surface area (Å²) < 4.78 is 5.24. The van der Waals surface area contributed by atoms with Gasteiger partial charge < -0.3 is 14.5 Å². The number of ether oxygens (including phenoxy) is 1. The van der Waals surface area contributed by atoms with Gasteiger partial charge in [-0.25, -0.2) is 0 Å². The fourth-order valence-electron chi connectivity index (χ4n) is 4.03. The van der Waals surface area contributed by atoms with Gasteiger partial charge in [-0.2, -0.15) is 0 Å². The van der Waals surface area contributed by atoms with E-state index in [9.17, 15) is 9.59 Å². The molecule has 32 heavy (non-hydrogen) atoms. The van der Waals surface area contributed by atoms with Crippen molar-refractivity contribution in [1.29, 1.82) is 0 Å². The van der Waals surface area contributed by atoms with Crippen molar-refractivity contribution in [3.63, 3.8) is 0 Å². The molecular formula is C25H29N3O3S. The Kier molecular flexibility index (Phi) is 7.50. The Balaban J connectivity index is 1.31. The first-order chi connectivity index (χ1) is 15.7. The Morgan fingerprint density at radius 2 is 1.84 bits per heavy atom. The second kappa shape index (κ2) is 10.7. The lowest BCUT2D eigenvalue weighted by molar-refractivity contribution is -0.136. The molecule has 0 N–H and O–H groups in total. The Bertz CT molecular complexity index is 958. The van der Waals surface area contributed by atoms with Crippen LogP contribution < -0.4 is 4.74 Å². The van der Waals surface area contributed by atoms with Gasteiger partial charge in [-0.1, -0.05) is 48.6 Å². The quantitative estimate of drug-likeness (QED) is 0.676. The van der Waals surface area contributed by atoms with Gasteiger partial charge in [-0.05, 0) is 23.8 Å². The molecule has 2 saturated heterocycles. The van der Waals surface area contributed by atoms with Crippen molar-refractivity contribution >= 4 is 29.7 Å². The number of benzene rings is 2. The van der Waals surface area contributed by atoms with Crippen molar-refractivity contribution in [2.45, 2.75) is 6.04 Å². The van der Waals surface area contributed by atoms with E-state index in [-0.39, 0.29) is 11.8 Å². The molecule has 2 fully saturated rings. The molecule has 2 heterocycles. The van der Waals surface area contributed by atoms with Gasteiger partial charge in [0.1, 0.15) is 11.8 Å². The maximum Gasteiger partial charge on any atom is 0.255 e. The van der Waals surface area contributed by atoms with Crippen LogP contribution in [0, 0.1) is 0 Å². The second-order valence-electron chi connectivity index (χ2n) is 7.96. The van der Waals surface area contributed by atoms with Gasteiger partial charge in [0, 0.05) is 44.0 Å². The SMILES string of the molecule is COc1cccc(C(=O)N2CSCC2C(=O)N2CCN(C/C=C/c3ccccc3)CC2)c1. The van der Waals surface area contributed by atoms with Crippen LogP contribution in [0.2, 0.25) is 0 Å². The fourth-order valence-corrected chi connectivity index (χ4v) is 5.18. The molecule has 0 aliphatic carbocycles. The van der Waals surface area contributed by atoms with E-state index in [0.29, 0.717) is 36.0 Å². The van der Waals surface area contributed by atoms with E-state index in [4.69, 9.17) is 4.74 Å². The van der Waals surface area contributed by atoms with Crippen LogP contribution in [-0.2, 0) is 4.79 Å². The molecule has 0 saturated carbocycles. The first kappa shape index (κ1) is 22.4. The summed E-state index contributed by atoms with van der Waals surface area (Å²) in [5.41, 5.74) is 1.75. The van der Waals surface area contributed by atoms with Crippen molar-refractivity contribution in [2.24, 2.45) is 0 Å². The van der Waals surface area contributed by atoms with Gasteiger partial charge in [-0.3, -0.25) is 14.5 Å². The zero-order valence-electron chi connectivity index (χ0n) is 18.4.